The van der Waals surface area contributed by atoms with Crippen molar-refractivity contribution < 1.29 is 9.53 Å². The molecule has 3 rings (SSSR count). The van der Waals surface area contributed by atoms with E-state index in [-0.39, 0.29) is 16.7 Å². The molecule has 0 unspecified atom stereocenters. The number of aromatic nitrogens is 2. The zero-order chi connectivity index (χ0) is 19.6. The minimum Gasteiger partial charge on any atom is -0.444 e. The van der Waals surface area contributed by atoms with Gasteiger partial charge in [0.25, 0.3) is 5.56 Å². The summed E-state index contributed by atoms with van der Waals surface area (Å²) in [6.45, 7) is 7.61. The van der Waals surface area contributed by atoms with Crippen LogP contribution in [0.5, 0.6) is 0 Å². The Hall–Kier alpha value is -2.54. The number of halogens is 1. The number of benzene rings is 1. The quantitative estimate of drug-likeness (QED) is 0.788. The molecule has 0 bridgehead atoms. The molecule has 0 saturated carbocycles. The first-order valence-corrected chi connectivity index (χ1v) is 9.20. The molecule has 0 N–H and O–H groups in total. The molecule has 7 nitrogen and oxygen atoms in total. The molecule has 0 spiro atoms. The summed E-state index contributed by atoms with van der Waals surface area (Å²) in [4.78, 5) is 28.4. The number of para-hydroxylation sites is 1. The molecule has 1 aromatic carbocycles. The third-order valence-corrected chi connectivity index (χ3v) is 4.53. The molecule has 2 aromatic rings. The van der Waals surface area contributed by atoms with Crippen LogP contribution in [0.4, 0.5) is 10.5 Å². The molecular weight excluding hydrogens is 368 g/mol. The van der Waals surface area contributed by atoms with E-state index in [1.54, 1.807) is 23.2 Å². The van der Waals surface area contributed by atoms with Gasteiger partial charge in [-0.1, -0.05) is 29.8 Å². The predicted molar refractivity (Wildman–Crippen MR) is 105 cm³/mol. The molecule has 1 aliphatic rings. The van der Waals surface area contributed by atoms with Crippen LogP contribution in [0.25, 0.3) is 5.69 Å². The second kappa shape index (κ2) is 7.60. The maximum Gasteiger partial charge on any atom is 0.410 e. The lowest BCUT2D eigenvalue weighted by molar-refractivity contribution is 0.0240. The number of hydrogen-bond donors (Lipinski definition) is 0. The zero-order valence-electron chi connectivity index (χ0n) is 15.7. The van der Waals surface area contributed by atoms with Crippen molar-refractivity contribution in [2.45, 2.75) is 26.4 Å². The lowest BCUT2D eigenvalue weighted by atomic mass is 10.2. The lowest BCUT2D eigenvalue weighted by Gasteiger charge is -2.36. The van der Waals surface area contributed by atoms with Gasteiger partial charge in [0, 0.05) is 26.2 Å². The molecular formula is C19H23ClN4O3. The van der Waals surface area contributed by atoms with E-state index in [0.29, 0.717) is 37.6 Å². The SMILES string of the molecule is CC(C)(C)OC(=O)N1CCN(c2cnn(-c3ccccc3)c(=O)c2Cl)CC1. The Labute approximate surface area is 163 Å². The topological polar surface area (TPSA) is 67.7 Å². The number of hydrogen-bond acceptors (Lipinski definition) is 5. The molecule has 144 valence electrons. The predicted octanol–water partition coefficient (Wildman–Crippen LogP) is 2.94. The highest BCUT2D eigenvalue weighted by Gasteiger charge is 2.27. The molecule has 0 aliphatic carbocycles. The summed E-state index contributed by atoms with van der Waals surface area (Å²) < 4.78 is 6.68. The highest BCUT2D eigenvalue weighted by molar-refractivity contribution is 6.33. The van der Waals surface area contributed by atoms with Gasteiger partial charge in [0.15, 0.2) is 0 Å². The zero-order valence-corrected chi connectivity index (χ0v) is 16.4. The van der Waals surface area contributed by atoms with E-state index < -0.39 is 5.60 Å². The van der Waals surface area contributed by atoms with E-state index in [1.165, 1.54) is 4.68 Å². The van der Waals surface area contributed by atoms with Crippen LogP contribution in [-0.4, -0.2) is 52.6 Å². The van der Waals surface area contributed by atoms with Crippen molar-refractivity contribution in [3.8, 4) is 5.69 Å². The van der Waals surface area contributed by atoms with Crippen LogP contribution >= 0.6 is 11.6 Å². The summed E-state index contributed by atoms with van der Waals surface area (Å²) in [5, 5.41) is 4.38. The fourth-order valence-corrected chi connectivity index (χ4v) is 3.10. The van der Waals surface area contributed by atoms with Crippen LogP contribution in [0.2, 0.25) is 5.02 Å². The second-order valence-electron chi connectivity index (χ2n) is 7.35. The Morgan fingerprint density at radius 1 is 1.11 bits per heavy atom. The highest BCUT2D eigenvalue weighted by atomic mass is 35.5. The summed E-state index contributed by atoms with van der Waals surface area (Å²) >= 11 is 6.35. The van der Waals surface area contributed by atoms with Crippen LogP contribution in [0.15, 0.2) is 41.3 Å². The Morgan fingerprint density at radius 3 is 2.33 bits per heavy atom. The number of rotatable bonds is 2. The van der Waals surface area contributed by atoms with Gasteiger partial charge in [0.1, 0.15) is 10.6 Å². The number of carbonyl (C=O) groups is 1. The summed E-state index contributed by atoms with van der Waals surface area (Å²) in [6, 6.07) is 9.13. The smallest absolute Gasteiger partial charge is 0.410 e. The van der Waals surface area contributed by atoms with Gasteiger partial charge in [-0.3, -0.25) is 4.79 Å². The van der Waals surface area contributed by atoms with Crippen molar-refractivity contribution in [3.63, 3.8) is 0 Å². The molecule has 8 heteroatoms. The molecule has 1 saturated heterocycles. The van der Waals surface area contributed by atoms with Crippen molar-refractivity contribution in [2.24, 2.45) is 0 Å². The van der Waals surface area contributed by atoms with E-state index in [4.69, 9.17) is 16.3 Å². The monoisotopic (exact) mass is 390 g/mol. The van der Waals surface area contributed by atoms with Gasteiger partial charge in [-0.25, -0.2) is 4.79 Å². The number of piperazine rings is 1. The van der Waals surface area contributed by atoms with Crippen molar-refractivity contribution >= 4 is 23.4 Å². The molecule has 1 amide bonds. The van der Waals surface area contributed by atoms with Crippen LogP contribution in [0.3, 0.4) is 0 Å². The lowest BCUT2D eigenvalue weighted by Crippen LogP contribution is -2.50. The van der Waals surface area contributed by atoms with Gasteiger partial charge in [0.2, 0.25) is 0 Å². The number of carbonyl (C=O) groups excluding carboxylic acids is 1. The van der Waals surface area contributed by atoms with Crippen molar-refractivity contribution in [1.82, 2.24) is 14.7 Å². The van der Waals surface area contributed by atoms with E-state index in [9.17, 15) is 9.59 Å². The maximum absolute atomic E-state index is 12.6. The second-order valence-corrected chi connectivity index (χ2v) is 7.73. The molecule has 1 aromatic heterocycles. The summed E-state index contributed by atoms with van der Waals surface area (Å²) in [5.74, 6) is 0. The molecule has 27 heavy (non-hydrogen) atoms. The normalized spacial score (nSPS) is 15.0. The molecule has 1 aliphatic heterocycles. The van der Waals surface area contributed by atoms with E-state index in [1.807, 2.05) is 43.9 Å². The van der Waals surface area contributed by atoms with Crippen LogP contribution in [0.1, 0.15) is 20.8 Å². The Balaban J connectivity index is 1.73. The Morgan fingerprint density at radius 2 is 1.74 bits per heavy atom. The fraction of sp³-hybridized carbons (Fsp3) is 0.421. The molecule has 0 radical (unpaired) electrons. The van der Waals surface area contributed by atoms with E-state index >= 15 is 0 Å². The van der Waals surface area contributed by atoms with Crippen LogP contribution in [0, 0.1) is 0 Å². The standard InChI is InChI=1S/C19H23ClN4O3/c1-19(2,3)27-18(26)23-11-9-22(10-12-23)15-13-21-24(17(25)16(15)20)14-7-5-4-6-8-14/h4-8,13H,9-12H2,1-3H3. The summed E-state index contributed by atoms with van der Waals surface area (Å²) in [5.41, 5.74) is 0.349. The van der Waals surface area contributed by atoms with Gasteiger partial charge >= 0.3 is 6.09 Å². The average Bonchev–Trinajstić information content (AvgIpc) is 2.63. The largest absolute Gasteiger partial charge is 0.444 e. The van der Waals surface area contributed by atoms with Gasteiger partial charge in [-0.2, -0.15) is 9.78 Å². The molecule has 1 fully saturated rings. The molecule has 2 heterocycles. The molecule has 0 atom stereocenters. The Bertz CT molecular complexity index is 869. The summed E-state index contributed by atoms with van der Waals surface area (Å²) in [6.07, 6.45) is 1.27. The van der Waals surface area contributed by atoms with Crippen molar-refractivity contribution in [2.75, 3.05) is 31.1 Å². The third-order valence-electron chi connectivity index (χ3n) is 4.17. The average molecular weight is 391 g/mol. The van der Waals surface area contributed by atoms with E-state index in [2.05, 4.69) is 5.10 Å². The van der Waals surface area contributed by atoms with E-state index in [0.717, 1.165) is 0 Å². The fourth-order valence-electron chi connectivity index (χ4n) is 2.85. The van der Waals surface area contributed by atoms with Crippen molar-refractivity contribution in [1.29, 1.82) is 0 Å². The maximum atomic E-state index is 12.6. The number of anilines is 1. The van der Waals surface area contributed by atoms with Gasteiger partial charge < -0.3 is 14.5 Å². The van der Waals surface area contributed by atoms with Crippen LogP contribution in [-0.2, 0) is 4.74 Å². The minimum absolute atomic E-state index is 0.125. The first-order chi connectivity index (χ1) is 12.8. The number of ether oxygens (including phenoxy) is 1. The van der Waals surface area contributed by atoms with Gasteiger partial charge in [0.05, 0.1) is 17.6 Å². The van der Waals surface area contributed by atoms with Gasteiger partial charge in [-0.05, 0) is 32.9 Å². The first kappa shape index (κ1) is 19.2. The number of amides is 1. The Kier molecular flexibility index (Phi) is 5.41. The summed E-state index contributed by atoms with van der Waals surface area (Å²) in [7, 11) is 0. The van der Waals surface area contributed by atoms with Crippen molar-refractivity contribution in [3.05, 3.63) is 51.9 Å². The van der Waals surface area contributed by atoms with Gasteiger partial charge in [-0.15, -0.1) is 0 Å². The minimum atomic E-state index is -0.524. The van der Waals surface area contributed by atoms with Crippen LogP contribution < -0.4 is 10.5 Å². The third kappa shape index (κ3) is 4.42. The first-order valence-electron chi connectivity index (χ1n) is 8.82. The highest BCUT2D eigenvalue weighted by Crippen LogP contribution is 2.23. The number of nitrogens with zero attached hydrogens (tertiary/aromatic N) is 4.